The van der Waals surface area contributed by atoms with Crippen LogP contribution in [0.2, 0.25) is 0 Å². The number of nitrogens with zero attached hydrogens (tertiary/aromatic N) is 3. The standard InChI is InChI=1S/C13H21N5O2/c1-11-9-12(18(19)20)10-16-13(11)15-3-2-6-17-7-4-14-5-8-17/h9-10,14H,2-8H2,1H3,(H,15,16). The van der Waals surface area contributed by atoms with Crippen molar-refractivity contribution in [3.05, 3.63) is 27.9 Å². The van der Waals surface area contributed by atoms with Crippen LogP contribution in [0, 0.1) is 17.0 Å². The molecule has 0 unspecified atom stereocenters. The van der Waals surface area contributed by atoms with Gasteiger partial charge in [0, 0.05) is 38.8 Å². The molecule has 20 heavy (non-hydrogen) atoms. The average Bonchev–Trinajstić information content (AvgIpc) is 2.46. The predicted octanol–water partition coefficient (Wildman–Crippen LogP) is 1.01. The SMILES string of the molecule is Cc1cc([N+](=O)[O-])cnc1NCCCN1CCNCC1. The molecular weight excluding hydrogens is 258 g/mol. The van der Waals surface area contributed by atoms with Crippen molar-refractivity contribution in [2.24, 2.45) is 0 Å². The first-order chi connectivity index (χ1) is 9.66. The van der Waals surface area contributed by atoms with Crippen LogP contribution in [-0.4, -0.2) is 54.1 Å². The molecule has 1 aliphatic rings. The normalized spacial score (nSPS) is 16.1. The Balaban J connectivity index is 1.74. The molecule has 1 aromatic rings. The summed E-state index contributed by atoms with van der Waals surface area (Å²) in [5.74, 6) is 0.732. The topological polar surface area (TPSA) is 83.3 Å². The van der Waals surface area contributed by atoms with Gasteiger partial charge in [-0.3, -0.25) is 10.1 Å². The molecule has 0 radical (unpaired) electrons. The van der Waals surface area contributed by atoms with Gasteiger partial charge in [-0.05, 0) is 25.5 Å². The van der Waals surface area contributed by atoms with Crippen LogP contribution in [0.3, 0.4) is 0 Å². The number of nitro groups is 1. The second-order valence-electron chi connectivity index (χ2n) is 4.99. The molecule has 2 heterocycles. The van der Waals surface area contributed by atoms with Gasteiger partial charge in [-0.25, -0.2) is 4.98 Å². The van der Waals surface area contributed by atoms with Crippen LogP contribution in [0.5, 0.6) is 0 Å². The van der Waals surface area contributed by atoms with Gasteiger partial charge in [0.25, 0.3) is 5.69 Å². The number of hydrogen-bond donors (Lipinski definition) is 2. The Bertz CT molecular complexity index is 460. The molecule has 0 amide bonds. The molecule has 0 spiro atoms. The van der Waals surface area contributed by atoms with Crippen molar-refractivity contribution in [2.45, 2.75) is 13.3 Å². The quantitative estimate of drug-likeness (QED) is 0.459. The van der Waals surface area contributed by atoms with Gasteiger partial charge in [0.1, 0.15) is 12.0 Å². The van der Waals surface area contributed by atoms with Crippen LogP contribution < -0.4 is 10.6 Å². The molecule has 1 fully saturated rings. The molecule has 0 bridgehead atoms. The highest BCUT2D eigenvalue weighted by Gasteiger charge is 2.10. The summed E-state index contributed by atoms with van der Waals surface area (Å²) in [6.45, 7) is 8.07. The van der Waals surface area contributed by atoms with E-state index in [1.54, 1.807) is 6.07 Å². The summed E-state index contributed by atoms with van der Waals surface area (Å²) in [6.07, 6.45) is 2.34. The summed E-state index contributed by atoms with van der Waals surface area (Å²) in [7, 11) is 0. The Morgan fingerprint density at radius 3 is 2.90 bits per heavy atom. The van der Waals surface area contributed by atoms with Crippen molar-refractivity contribution in [1.29, 1.82) is 0 Å². The van der Waals surface area contributed by atoms with Gasteiger partial charge < -0.3 is 15.5 Å². The zero-order chi connectivity index (χ0) is 14.4. The Hall–Kier alpha value is -1.73. The maximum atomic E-state index is 10.6. The first kappa shape index (κ1) is 14.7. The minimum absolute atomic E-state index is 0.0360. The zero-order valence-corrected chi connectivity index (χ0v) is 11.8. The molecule has 0 atom stereocenters. The third-order valence-electron chi connectivity index (χ3n) is 3.43. The summed E-state index contributed by atoms with van der Waals surface area (Å²) in [5, 5.41) is 17.2. The Kier molecular flexibility index (Phi) is 5.25. The van der Waals surface area contributed by atoms with E-state index in [2.05, 4.69) is 20.5 Å². The molecule has 1 aliphatic heterocycles. The van der Waals surface area contributed by atoms with E-state index in [0.29, 0.717) is 0 Å². The molecular formula is C13H21N5O2. The third kappa shape index (κ3) is 4.14. The first-order valence-corrected chi connectivity index (χ1v) is 6.95. The lowest BCUT2D eigenvalue weighted by molar-refractivity contribution is -0.385. The highest BCUT2D eigenvalue weighted by atomic mass is 16.6. The summed E-state index contributed by atoms with van der Waals surface area (Å²) < 4.78 is 0. The molecule has 0 aromatic carbocycles. The maximum Gasteiger partial charge on any atom is 0.287 e. The Morgan fingerprint density at radius 2 is 2.25 bits per heavy atom. The fourth-order valence-electron chi connectivity index (χ4n) is 2.29. The van der Waals surface area contributed by atoms with Crippen LogP contribution >= 0.6 is 0 Å². The minimum Gasteiger partial charge on any atom is -0.370 e. The smallest absolute Gasteiger partial charge is 0.287 e. The largest absolute Gasteiger partial charge is 0.370 e. The summed E-state index contributed by atoms with van der Waals surface area (Å²) in [4.78, 5) is 16.8. The van der Waals surface area contributed by atoms with Crippen LogP contribution in [0.25, 0.3) is 0 Å². The number of pyridine rings is 1. The van der Waals surface area contributed by atoms with Gasteiger partial charge >= 0.3 is 0 Å². The Labute approximate surface area is 118 Å². The van der Waals surface area contributed by atoms with Crippen molar-refractivity contribution >= 4 is 11.5 Å². The second kappa shape index (κ2) is 7.16. The van der Waals surface area contributed by atoms with Crippen LogP contribution in [0.1, 0.15) is 12.0 Å². The number of aryl methyl sites for hydroxylation is 1. The monoisotopic (exact) mass is 279 g/mol. The summed E-state index contributed by atoms with van der Waals surface area (Å²) in [6, 6.07) is 1.55. The summed E-state index contributed by atoms with van der Waals surface area (Å²) >= 11 is 0. The number of nitrogens with one attached hydrogen (secondary N) is 2. The number of aromatic nitrogens is 1. The number of piperazine rings is 1. The van der Waals surface area contributed by atoms with Gasteiger partial charge in [-0.1, -0.05) is 0 Å². The zero-order valence-electron chi connectivity index (χ0n) is 11.8. The van der Waals surface area contributed by atoms with E-state index in [9.17, 15) is 10.1 Å². The van der Waals surface area contributed by atoms with Gasteiger partial charge in [0.2, 0.25) is 0 Å². The van der Waals surface area contributed by atoms with Crippen molar-refractivity contribution in [1.82, 2.24) is 15.2 Å². The summed E-state index contributed by atoms with van der Waals surface area (Å²) in [5.41, 5.74) is 0.843. The van der Waals surface area contributed by atoms with Crippen molar-refractivity contribution in [3.8, 4) is 0 Å². The highest BCUT2D eigenvalue weighted by Crippen LogP contribution is 2.17. The molecule has 2 rings (SSSR count). The molecule has 1 saturated heterocycles. The van der Waals surface area contributed by atoms with E-state index in [4.69, 9.17) is 0 Å². The van der Waals surface area contributed by atoms with Gasteiger partial charge in [0.05, 0.1) is 4.92 Å². The molecule has 0 saturated carbocycles. The van der Waals surface area contributed by atoms with Crippen LogP contribution in [-0.2, 0) is 0 Å². The minimum atomic E-state index is -0.422. The highest BCUT2D eigenvalue weighted by molar-refractivity contribution is 5.48. The van der Waals surface area contributed by atoms with Crippen LogP contribution in [0.15, 0.2) is 12.3 Å². The third-order valence-corrected chi connectivity index (χ3v) is 3.43. The molecule has 0 aliphatic carbocycles. The number of rotatable bonds is 6. The average molecular weight is 279 g/mol. The molecule has 7 nitrogen and oxygen atoms in total. The lowest BCUT2D eigenvalue weighted by atomic mass is 10.2. The van der Waals surface area contributed by atoms with Gasteiger partial charge in [-0.15, -0.1) is 0 Å². The number of anilines is 1. The Morgan fingerprint density at radius 1 is 1.50 bits per heavy atom. The van der Waals surface area contributed by atoms with Gasteiger partial charge in [-0.2, -0.15) is 0 Å². The van der Waals surface area contributed by atoms with E-state index in [1.807, 2.05) is 6.92 Å². The van der Waals surface area contributed by atoms with E-state index < -0.39 is 4.92 Å². The lowest BCUT2D eigenvalue weighted by Gasteiger charge is -2.27. The fraction of sp³-hybridized carbons (Fsp3) is 0.615. The lowest BCUT2D eigenvalue weighted by Crippen LogP contribution is -2.44. The molecule has 2 N–H and O–H groups in total. The van der Waals surface area contributed by atoms with Crippen molar-refractivity contribution in [2.75, 3.05) is 44.6 Å². The first-order valence-electron chi connectivity index (χ1n) is 6.95. The van der Waals surface area contributed by atoms with Crippen molar-refractivity contribution in [3.63, 3.8) is 0 Å². The second-order valence-corrected chi connectivity index (χ2v) is 4.99. The molecule has 110 valence electrons. The maximum absolute atomic E-state index is 10.6. The molecule has 1 aromatic heterocycles. The van der Waals surface area contributed by atoms with Gasteiger partial charge in [0.15, 0.2) is 0 Å². The van der Waals surface area contributed by atoms with E-state index in [0.717, 1.165) is 57.1 Å². The van der Waals surface area contributed by atoms with E-state index >= 15 is 0 Å². The predicted molar refractivity (Wildman–Crippen MR) is 78.0 cm³/mol. The fourth-order valence-corrected chi connectivity index (χ4v) is 2.29. The van der Waals surface area contributed by atoms with Crippen molar-refractivity contribution < 1.29 is 4.92 Å². The van der Waals surface area contributed by atoms with Crippen LogP contribution in [0.4, 0.5) is 11.5 Å². The van der Waals surface area contributed by atoms with E-state index in [1.165, 1.54) is 6.20 Å². The number of hydrogen-bond acceptors (Lipinski definition) is 6. The molecule has 7 heteroatoms. The van der Waals surface area contributed by atoms with E-state index in [-0.39, 0.29) is 5.69 Å².